The fraction of sp³-hybridized carbons (Fsp3) is 1.00. The second-order valence-electron chi connectivity index (χ2n) is 8.22. The van der Waals surface area contributed by atoms with Gasteiger partial charge >= 0.3 is 0 Å². The van der Waals surface area contributed by atoms with Crippen molar-refractivity contribution in [1.29, 1.82) is 0 Å². The lowest BCUT2D eigenvalue weighted by Crippen LogP contribution is -2.67. The van der Waals surface area contributed by atoms with Gasteiger partial charge in [-0.2, -0.15) is 0 Å². The zero-order valence-electron chi connectivity index (χ0n) is 13.7. The summed E-state index contributed by atoms with van der Waals surface area (Å²) in [5.74, 6) is 0.787. The fourth-order valence-corrected chi connectivity index (χ4v) is 5.14. The zero-order chi connectivity index (χ0) is 14.4. The molecular weight excluding hydrogens is 248 g/mol. The molecule has 0 aromatic heterocycles. The molecule has 3 aliphatic rings. The van der Waals surface area contributed by atoms with E-state index in [1.54, 1.807) is 0 Å². The van der Waals surface area contributed by atoms with Crippen LogP contribution in [0, 0.1) is 16.7 Å². The quantitative estimate of drug-likeness (QED) is 0.837. The third-order valence-corrected chi connectivity index (χ3v) is 5.98. The Morgan fingerprint density at radius 3 is 2.75 bits per heavy atom. The Kier molecular flexibility index (Phi) is 3.89. The van der Waals surface area contributed by atoms with Crippen LogP contribution in [0.15, 0.2) is 0 Å². The number of rotatable bonds is 5. The summed E-state index contributed by atoms with van der Waals surface area (Å²) in [6.07, 6.45) is 4.37. The number of hydrogen-bond acceptors (Lipinski definition) is 3. The molecule has 0 aromatic rings. The van der Waals surface area contributed by atoms with Gasteiger partial charge in [-0.15, -0.1) is 0 Å². The van der Waals surface area contributed by atoms with Gasteiger partial charge in [0.1, 0.15) is 0 Å². The third kappa shape index (κ3) is 2.32. The number of nitrogens with one attached hydrogen (secondary N) is 1. The topological polar surface area (TPSA) is 24.5 Å². The Bertz CT molecular complexity index is 349. The highest BCUT2D eigenvalue weighted by Crippen LogP contribution is 2.55. The molecule has 0 bridgehead atoms. The average molecular weight is 280 g/mol. The van der Waals surface area contributed by atoms with Crippen LogP contribution in [0.4, 0.5) is 0 Å². The van der Waals surface area contributed by atoms with Crippen LogP contribution in [-0.4, -0.2) is 49.8 Å². The normalized spacial score (nSPS) is 42.8. The Labute approximate surface area is 124 Å². The second kappa shape index (κ2) is 5.26. The molecular formula is C17H32N2O. The predicted molar refractivity (Wildman–Crippen MR) is 82.9 cm³/mol. The zero-order valence-corrected chi connectivity index (χ0v) is 13.7. The van der Waals surface area contributed by atoms with E-state index in [1.165, 1.54) is 45.4 Å². The van der Waals surface area contributed by atoms with Crippen LogP contribution in [0.3, 0.4) is 0 Å². The molecule has 3 fully saturated rings. The average Bonchev–Trinajstić information content (AvgIpc) is 2.97. The summed E-state index contributed by atoms with van der Waals surface area (Å²) in [7, 11) is 0. The molecule has 3 rings (SSSR count). The summed E-state index contributed by atoms with van der Waals surface area (Å²) in [5.41, 5.74) is 0.800. The van der Waals surface area contributed by atoms with E-state index in [2.05, 4.69) is 37.9 Å². The Morgan fingerprint density at radius 1 is 1.30 bits per heavy atom. The first-order valence-electron chi connectivity index (χ1n) is 8.54. The first-order chi connectivity index (χ1) is 9.48. The van der Waals surface area contributed by atoms with Gasteiger partial charge in [0.25, 0.3) is 0 Å². The molecule has 2 saturated heterocycles. The molecule has 4 atom stereocenters. The van der Waals surface area contributed by atoms with E-state index in [0.717, 1.165) is 18.6 Å². The first kappa shape index (κ1) is 14.8. The van der Waals surface area contributed by atoms with Crippen molar-refractivity contribution in [3.05, 3.63) is 0 Å². The number of nitrogens with zero attached hydrogens (tertiary/aromatic N) is 1. The van der Waals surface area contributed by atoms with E-state index in [9.17, 15) is 0 Å². The molecule has 1 N–H and O–H groups in total. The van der Waals surface area contributed by atoms with Gasteiger partial charge in [0, 0.05) is 37.1 Å². The van der Waals surface area contributed by atoms with Crippen molar-refractivity contribution in [1.82, 2.24) is 10.2 Å². The molecule has 3 nitrogen and oxygen atoms in total. The standard InChI is InChI=1S/C17H32N2O/c1-5-9-19(12-17(4)7-8-18-11-17)14-13-6-10-20-15(13)16(14,2)3/h13-15,18H,5-12H2,1-4H3. The molecule has 1 saturated carbocycles. The molecule has 4 unspecified atom stereocenters. The highest BCUT2D eigenvalue weighted by atomic mass is 16.5. The molecule has 20 heavy (non-hydrogen) atoms. The van der Waals surface area contributed by atoms with Crippen molar-refractivity contribution < 1.29 is 4.74 Å². The highest BCUT2D eigenvalue weighted by molar-refractivity contribution is 5.12. The van der Waals surface area contributed by atoms with E-state index in [-0.39, 0.29) is 0 Å². The van der Waals surface area contributed by atoms with Gasteiger partial charge in [-0.1, -0.05) is 27.7 Å². The summed E-state index contributed by atoms with van der Waals surface area (Å²) >= 11 is 0. The van der Waals surface area contributed by atoms with Crippen LogP contribution >= 0.6 is 0 Å². The third-order valence-electron chi connectivity index (χ3n) is 5.98. The molecule has 2 aliphatic heterocycles. The van der Waals surface area contributed by atoms with Gasteiger partial charge in [-0.3, -0.25) is 4.90 Å². The van der Waals surface area contributed by atoms with Crippen molar-refractivity contribution in [2.75, 3.05) is 32.8 Å². The number of fused-ring (bicyclic) bond motifs is 1. The van der Waals surface area contributed by atoms with Crippen molar-refractivity contribution >= 4 is 0 Å². The van der Waals surface area contributed by atoms with Crippen LogP contribution in [0.25, 0.3) is 0 Å². The minimum absolute atomic E-state index is 0.332. The van der Waals surface area contributed by atoms with E-state index in [4.69, 9.17) is 4.74 Å². The van der Waals surface area contributed by atoms with Gasteiger partial charge in [0.05, 0.1) is 6.10 Å². The van der Waals surface area contributed by atoms with Gasteiger partial charge in [0.2, 0.25) is 0 Å². The van der Waals surface area contributed by atoms with Crippen LogP contribution in [0.1, 0.15) is 47.0 Å². The molecule has 1 aliphatic carbocycles. The van der Waals surface area contributed by atoms with E-state index in [1.807, 2.05) is 0 Å². The molecule has 3 heteroatoms. The molecule has 0 amide bonds. The minimum atomic E-state index is 0.332. The predicted octanol–water partition coefficient (Wildman–Crippen LogP) is 2.51. The maximum absolute atomic E-state index is 5.98. The monoisotopic (exact) mass is 280 g/mol. The van der Waals surface area contributed by atoms with Gasteiger partial charge in [-0.25, -0.2) is 0 Å². The Morgan fingerprint density at radius 2 is 2.10 bits per heavy atom. The van der Waals surface area contributed by atoms with Crippen LogP contribution in [0.5, 0.6) is 0 Å². The highest BCUT2D eigenvalue weighted by Gasteiger charge is 2.61. The van der Waals surface area contributed by atoms with Gasteiger partial charge in [0.15, 0.2) is 0 Å². The summed E-state index contributed by atoms with van der Waals surface area (Å²) in [4.78, 5) is 2.81. The first-order valence-corrected chi connectivity index (χ1v) is 8.54. The maximum atomic E-state index is 5.98. The molecule has 0 radical (unpaired) electrons. The number of hydrogen-bond donors (Lipinski definition) is 1. The van der Waals surface area contributed by atoms with Crippen molar-refractivity contribution in [2.45, 2.75) is 59.1 Å². The largest absolute Gasteiger partial charge is 0.377 e. The SMILES string of the molecule is CCCN(CC1(C)CCNC1)C1C2CCOC2C1(C)C. The summed E-state index contributed by atoms with van der Waals surface area (Å²) in [6.45, 7) is 15.5. The number of ether oxygens (including phenoxy) is 1. The lowest BCUT2D eigenvalue weighted by atomic mass is 9.56. The Hall–Kier alpha value is -0.120. The van der Waals surface area contributed by atoms with Crippen molar-refractivity contribution in [2.24, 2.45) is 16.7 Å². The van der Waals surface area contributed by atoms with Crippen molar-refractivity contribution in [3.63, 3.8) is 0 Å². The van der Waals surface area contributed by atoms with Crippen LogP contribution in [0.2, 0.25) is 0 Å². The van der Waals surface area contributed by atoms with E-state index in [0.29, 0.717) is 16.9 Å². The maximum Gasteiger partial charge on any atom is 0.0685 e. The molecule has 0 spiro atoms. The van der Waals surface area contributed by atoms with E-state index < -0.39 is 0 Å². The van der Waals surface area contributed by atoms with Gasteiger partial charge < -0.3 is 10.1 Å². The molecule has 0 aromatic carbocycles. The van der Waals surface area contributed by atoms with Gasteiger partial charge in [-0.05, 0) is 37.8 Å². The summed E-state index contributed by atoms with van der Waals surface area (Å²) in [5, 5.41) is 3.55. The fourth-order valence-electron chi connectivity index (χ4n) is 5.14. The lowest BCUT2D eigenvalue weighted by Gasteiger charge is -2.59. The molecule has 116 valence electrons. The van der Waals surface area contributed by atoms with E-state index >= 15 is 0 Å². The lowest BCUT2D eigenvalue weighted by molar-refractivity contribution is -0.160. The summed E-state index contributed by atoms with van der Waals surface area (Å²) in [6, 6.07) is 0.729. The van der Waals surface area contributed by atoms with Crippen LogP contribution < -0.4 is 5.32 Å². The van der Waals surface area contributed by atoms with Crippen molar-refractivity contribution in [3.8, 4) is 0 Å². The minimum Gasteiger partial charge on any atom is -0.377 e. The van der Waals surface area contributed by atoms with Crippen LogP contribution in [-0.2, 0) is 4.74 Å². The smallest absolute Gasteiger partial charge is 0.0685 e. The summed E-state index contributed by atoms with van der Waals surface area (Å²) < 4.78 is 5.98. The Balaban J connectivity index is 1.73. The second-order valence-corrected chi connectivity index (χ2v) is 8.22. The molecule has 2 heterocycles.